The Bertz CT molecular complexity index is 746. The lowest BCUT2D eigenvalue weighted by Gasteiger charge is -2.32. The van der Waals surface area contributed by atoms with E-state index in [0.29, 0.717) is 18.8 Å². The molecule has 1 saturated carbocycles. The van der Waals surface area contributed by atoms with Crippen molar-refractivity contribution >= 4 is 11.7 Å². The maximum atomic E-state index is 12.9. The molecular formula is C22H29NO4. The van der Waals surface area contributed by atoms with Crippen LogP contribution in [0.1, 0.15) is 64.5 Å². The third kappa shape index (κ3) is 3.87. The summed E-state index contributed by atoms with van der Waals surface area (Å²) in [4.78, 5) is 27.6. The molecule has 0 saturated heterocycles. The van der Waals surface area contributed by atoms with Gasteiger partial charge in [-0.05, 0) is 43.4 Å². The van der Waals surface area contributed by atoms with E-state index in [4.69, 9.17) is 4.74 Å². The fourth-order valence-corrected chi connectivity index (χ4v) is 4.22. The highest BCUT2D eigenvalue weighted by Crippen LogP contribution is 2.43. The van der Waals surface area contributed by atoms with Gasteiger partial charge >= 0.3 is 0 Å². The van der Waals surface area contributed by atoms with E-state index < -0.39 is 11.9 Å². The molecule has 1 aliphatic heterocycles. The van der Waals surface area contributed by atoms with E-state index in [1.54, 1.807) is 4.90 Å². The summed E-state index contributed by atoms with van der Waals surface area (Å²) in [5.74, 6) is -0.0805. The smallest absolute Gasteiger partial charge is 0.290 e. The molecule has 5 nitrogen and oxygen atoms in total. The van der Waals surface area contributed by atoms with E-state index in [0.717, 1.165) is 31.2 Å². The Balaban J connectivity index is 2.05. The van der Waals surface area contributed by atoms with Gasteiger partial charge in [-0.3, -0.25) is 9.59 Å². The van der Waals surface area contributed by atoms with Crippen LogP contribution in [-0.2, 0) is 9.59 Å². The van der Waals surface area contributed by atoms with Crippen molar-refractivity contribution in [2.45, 2.75) is 65.0 Å². The Morgan fingerprint density at radius 3 is 2.63 bits per heavy atom. The van der Waals surface area contributed by atoms with Gasteiger partial charge < -0.3 is 14.7 Å². The van der Waals surface area contributed by atoms with E-state index >= 15 is 0 Å². The normalized spacial score (nSPS) is 20.8. The molecule has 1 aliphatic carbocycles. The van der Waals surface area contributed by atoms with Crippen molar-refractivity contribution in [1.29, 1.82) is 0 Å². The van der Waals surface area contributed by atoms with Crippen LogP contribution >= 0.6 is 0 Å². The fourth-order valence-electron chi connectivity index (χ4n) is 4.22. The molecule has 0 aromatic heterocycles. The number of carbonyl (C=O) groups is 2. The number of aliphatic hydroxyl groups is 1. The standard InChI is InChI=1S/C22H29NO4/c1-4-27-17-11-7-8-15(13-17)20-19(18(24)12-14(2)3)21(25)22(26)23(20)16-9-5-6-10-16/h7-8,11,13-14,16,20,25H,4-6,9-10,12H2,1-3H3. The summed E-state index contributed by atoms with van der Waals surface area (Å²) in [5.41, 5.74) is 1.06. The Morgan fingerprint density at radius 2 is 2.00 bits per heavy atom. The van der Waals surface area contributed by atoms with Gasteiger partial charge in [0.1, 0.15) is 5.75 Å². The molecule has 1 amide bonds. The summed E-state index contributed by atoms with van der Waals surface area (Å²) in [6.45, 7) is 6.39. The quantitative estimate of drug-likeness (QED) is 0.774. The molecule has 27 heavy (non-hydrogen) atoms. The number of nitrogens with zero attached hydrogens (tertiary/aromatic N) is 1. The zero-order valence-electron chi connectivity index (χ0n) is 16.4. The molecule has 1 atom stereocenters. The molecule has 5 heteroatoms. The Kier molecular flexibility index (Phi) is 5.88. The van der Waals surface area contributed by atoms with Gasteiger partial charge in [-0.1, -0.05) is 38.8 Å². The van der Waals surface area contributed by atoms with Crippen LogP contribution in [0.15, 0.2) is 35.6 Å². The van der Waals surface area contributed by atoms with Crippen LogP contribution in [0.3, 0.4) is 0 Å². The summed E-state index contributed by atoms with van der Waals surface area (Å²) in [6, 6.07) is 7.05. The lowest BCUT2D eigenvalue weighted by molar-refractivity contribution is -0.131. The average Bonchev–Trinajstić information content (AvgIpc) is 3.22. The number of ketones is 1. The number of aliphatic hydroxyl groups excluding tert-OH is 1. The number of ether oxygens (including phenoxy) is 1. The van der Waals surface area contributed by atoms with Gasteiger partial charge in [0.15, 0.2) is 11.5 Å². The molecule has 2 aliphatic rings. The highest BCUT2D eigenvalue weighted by atomic mass is 16.5. The van der Waals surface area contributed by atoms with E-state index in [9.17, 15) is 14.7 Å². The molecule has 3 rings (SSSR count). The first-order chi connectivity index (χ1) is 12.9. The first kappa shape index (κ1) is 19.5. The average molecular weight is 371 g/mol. The molecule has 146 valence electrons. The lowest BCUT2D eigenvalue weighted by Crippen LogP contribution is -2.38. The Labute approximate surface area is 161 Å². The van der Waals surface area contributed by atoms with Gasteiger partial charge in [0.25, 0.3) is 5.91 Å². The Morgan fingerprint density at radius 1 is 1.30 bits per heavy atom. The Hall–Kier alpha value is -2.30. The first-order valence-electron chi connectivity index (χ1n) is 9.95. The van der Waals surface area contributed by atoms with E-state index in [1.807, 2.05) is 45.0 Å². The van der Waals surface area contributed by atoms with Gasteiger partial charge in [-0.25, -0.2) is 0 Å². The molecule has 1 fully saturated rings. The monoisotopic (exact) mass is 371 g/mol. The van der Waals surface area contributed by atoms with Crippen molar-refractivity contribution in [3.8, 4) is 5.75 Å². The molecule has 1 aromatic rings. The predicted octanol–water partition coefficient (Wildman–Crippen LogP) is 4.34. The number of hydrogen-bond acceptors (Lipinski definition) is 4. The summed E-state index contributed by atoms with van der Waals surface area (Å²) in [5, 5.41) is 10.6. The minimum absolute atomic E-state index is 0.0600. The number of hydrogen-bond donors (Lipinski definition) is 1. The van der Waals surface area contributed by atoms with Gasteiger partial charge in [0.05, 0.1) is 18.2 Å². The van der Waals surface area contributed by atoms with Gasteiger partial charge in [0, 0.05) is 12.5 Å². The molecular weight excluding hydrogens is 342 g/mol. The molecule has 0 spiro atoms. The number of benzene rings is 1. The van der Waals surface area contributed by atoms with Crippen molar-refractivity contribution < 1.29 is 19.4 Å². The molecule has 0 radical (unpaired) electrons. The van der Waals surface area contributed by atoms with E-state index in [2.05, 4.69) is 0 Å². The second kappa shape index (κ2) is 8.15. The van der Waals surface area contributed by atoms with Gasteiger partial charge in [-0.15, -0.1) is 0 Å². The topological polar surface area (TPSA) is 66.8 Å². The largest absolute Gasteiger partial charge is 0.503 e. The zero-order chi connectivity index (χ0) is 19.6. The van der Waals surface area contributed by atoms with Crippen LogP contribution in [0.25, 0.3) is 0 Å². The van der Waals surface area contributed by atoms with Crippen molar-refractivity contribution in [2.24, 2.45) is 5.92 Å². The van der Waals surface area contributed by atoms with Crippen LogP contribution in [0.5, 0.6) is 5.75 Å². The summed E-state index contributed by atoms with van der Waals surface area (Å²) in [7, 11) is 0. The van der Waals surface area contributed by atoms with E-state index in [1.165, 1.54) is 0 Å². The number of carbonyl (C=O) groups excluding carboxylic acids is 2. The third-order valence-electron chi connectivity index (χ3n) is 5.34. The molecule has 1 N–H and O–H groups in total. The van der Waals surface area contributed by atoms with Crippen LogP contribution in [-0.4, -0.2) is 34.3 Å². The van der Waals surface area contributed by atoms with Gasteiger partial charge in [0.2, 0.25) is 0 Å². The van der Waals surface area contributed by atoms with Crippen LogP contribution in [0.2, 0.25) is 0 Å². The second-order valence-electron chi connectivity index (χ2n) is 7.84. The minimum Gasteiger partial charge on any atom is -0.503 e. The zero-order valence-corrected chi connectivity index (χ0v) is 16.4. The number of amides is 1. The maximum Gasteiger partial charge on any atom is 0.290 e. The second-order valence-corrected chi connectivity index (χ2v) is 7.84. The van der Waals surface area contributed by atoms with Crippen LogP contribution < -0.4 is 4.74 Å². The van der Waals surface area contributed by atoms with Crippen LogP contribution in [0, 0.1) is 5.92 Å². The third-order valence-corrected chi connectivity index (χ3v) is 5.34. The first-order valence-corrected chi connectivity index (χ1v) is 9.95. The van der Waals surface area contributed by atoms with Crippen molar-refractivity contribution in [2.75, 3.05) is 6.61 Å². The highest BCUT2D eigenvalue weighted by Gasteiger charge is 2.46. The van der Waals surface area contributed by atoms with Crippen LogP contribution in [0.4, 0.5) is 0 Å². The summed E-state index contributed by atoms with van der Waals surface area (Å²) < 4.78 is 5.61. The fraction of sp³-hybridized carbons (Fsp3) is 0.545. The van der Waals surface area contributed by atoms with E-state index in [-0.39, 0.29) is 29.1 Å². The number of Topliss-reactive ketones (excluding diaryl/α,β-unsaturated/α-hetero) is 1. The molecule has 0 bridgehead atoms. The molecule has 1 aromatic carbocycles. The predicted molar refractivity (Wildman–Crippen MR) is 104 cm³/mol. The maximum absolute atomic E-state index is 12.9. The molecule has 1 unspecified atom stereocenters. The lowest BCUT2D eigenvalue weighted by atomic mass is 9.91. The number of rotatable bonds is 7. The summed E-state index contributed by atoms with van der Waals surface area (Å²) >= 11 is 0. The minimum atomic E-state index is -0.535. The molecule has 1 heterocycles. The summed E-state index contributed by atoms with van der Waals surface area (Å²) in [6.07, 6.45) is 4.26. The van der Waals surface area contributed by atoms with Crippen molar-refractivity contribution in [3.05, 3.63) is 41.2 Å². The van der Waals surface area contributed by atoms with Crippen molar-refractivity contribution in [1.82, 2.24) is 4.90 Å². The SMILES string of the molecule is CCOc1cccc(C2C(C(=O)CC(C)C)=C(O)C(=O)N2C2CCCC2)c1. The van der Waals surface area contributed by atoms with Crippen molar-refractivity contribution in [3.63, 3.8) is 0 Å². The van der Waals surface area contributed by atoms with Gasteiger partial charge in [-0.2, -0.15) is 0 Å². The highest BCUT2D eigenvalue weighted by molar-refractivity contribution is 6.09.